The van der Waals surface area contributed by atoms with Crippen LogP contribution in [0.2, 0.25) is 0 Å². The molecule has 156 valence electrons. The van der Waals surface area contributed by atoms with E-state index in [0.717, 1.165) is 30.6 Å². The minimum atomic E-state index is 0.585. The van der Waals surface area contributed by atoms with Gasteiger partial charge in [0, 0.05) is 6.54 Å². The Morgan fingerprint density at radius 3 is 1.87 bits per heavy atom. The SMILES string of the molecule is c1ccc(COc2ccc(OCCN3CCC(Cc4ccccc4)CC3)cc2)cc1. The van der Waals surface area contributed by atoms with Crippen molar-refractivity contribution < 1.29 is 9.47 Å². The van der Waals surface area contributed by atoms with E-state index in [1.54, 1.807) is 0 Å². The van der Waals surface area contributed by atoms with E-state index in [2.05, 4.69) is 47.4 Å². The standard InChI is InChI=1S/C27H31NO2/c1-3-7-23(8-4-1)21-24-15-17-28(18-16-24)19-20-29-26-11-13-27(14-12-26)30-22-25-9-5-2-6-10-25/h1-14,24H,15-22H2. The van der Waals surface area contributed by atoms with Gasteiger partial charge in [-0.3, -0.25) is 4.90 Å². The molecule has 0 radical (unpaired) electrons. The highest BCUT2D eigenvalue weighted by Crippen LogP contribution is 2.22. The first-order valence-electron chi connectivity index (χ1n) is 11.0. The van der Waals surface area contributed by atoms with Crippen LogP contribution in [0.4, 0.5) is 0 Å². The van der Waals surface area contributed by atoms with Crippen LogP contribution in [0.1, 0.15) is 24.0 Å². The van der Waals surface area contributed by atoms with E-state index < -0.39 is 0 Å². The Kier molecular flexibility index (Phi) is 7.41. The summed E-state index contributed by atoms with van der Waals surface area (Å²) in [6.07, 6.45) is 3.77. The number of rotatable bonds is 9. The van der Waals surface area contributed by atoms with Gasteiger partial charge in [-0.1, -0.05) is 60.7 Å². The van der Waals surface area contributed by atoms with Crippen molar-refractivity contribution in [2.24, 2.45) is 5.92 Å². The number of nitrogens with zero attached hydrogens (tertiary/aromatic N) is 1. The van der Waals surface area contributed by atoms with Gasteiger partial charge in [0.25, 0.3) is 0 Å². The zero-order chi connectivity index (χ0) is 20.4. The van der Waals surface area contributed by atoms with Gasteiger partial charge < -0.3 is 9.47 Å². The molecule has 0 aromatic heterocycles. The molecule has 0 saturated carbocycles. The fraction of sp³-hybridized carbons (Fsp3) is 0.333. The Morgan fingerprint density at radius 2 is 1.23 bits per heavy atom. The second kappa shape index (κ2) is 10.8. The maximum Gasteiger partial charge on any atom is 0.120 e. The largest absolute Gasteiger partial charge is 0.492 e. The third-order valence-corrected chi connectivity index (χ3v) is 5.82. The smallest absolute Gasteiger partial charge is 0.120 e. The zero-order valence-corrected chi connectivity index (χ0v) is 17.6. The van der Waals surface area contributed by atoms with Crippen molar-refractivity contribution in [3.63, 3.8) is 0 Å². The minimum absolute atomic E-state index is 0.585. The quantitative estimate of drug-likeness (QED) is 0.466. The van der Waals surface area contributed by atoms with Crippen LogP contribution in [-0.2, 0) is 13.0 Å². The van der Waals surface area contributed by atoms with Crippen molar-refractivity contribution in [2.75, 3.05) is 26.2 Å². The maximum absolute atomic E-state index is 5.95. The van der Waals surface area contributed by atoms with Crippen LogP contribution in [0.3, 0.4) is 0 Å². The topological polar surface area (TPSA) is 21.7 Å². The van der Waals surface area contributed by atoms with Crippen LogP contribution in [0, 0.1) is 5.92 Å². The normalized spacial score (nSPS) is 15.1. The molecular weight excluding hydrogens is 370 g/mol. The molecular formula is C27H31NO2. The molecule has 3 aromatic rings. The third kappa shape index (κ3) is 6.36. The predicted octanol–water partition coefficient (Wildman–Crippen LogP) is 5.60. The van der Waals surface area contributed by atoms with Crippen molar-refractivity contribution in [2.45, 2.75) is 25.9 Å². The van der Waals surface area contributed by atoms with Gasteiger partial charge in [0.2, 0.25) is 0 Å². The highest BCUT2D eigenvalue weighted by molar-refractivity contribution is 5.31. The summed E-state index contributed by atoms with van der Waals surface area (Å²) in [5.41, 5.74) is 2.64. The lowest BCUT2D eigenvalue weighted by atomic mass is 9.90. The van der Waals surface area contributed by atoms with Gasteiger partial charge in [0.1, 0.15) is 24.7 Å². The van der Waals surface area contributed by atoms with Crippen LogP contribution in [0.5, 0.6) is 11.5 Å². The fourth-order valence-electron chi connectivity index (χ4n) is 4.03. The molecule has 0 atom stereocenters. The molecule has 3 aromatic carbocycles. The van der Waals surface area contributed by atoms with Gasteiger partial charge in [-0.05, 0) is 73.7 Å². The molecule has 1 heterocycles. The lowest BCUT2D eigenvalue weighted by molar-refractivity contribution is 0.155. The van der Waals surface area contributed by atoms with E-state index in [1.165, 1.54) is 43.5 Å². The van der Waals surface area contributed by atoms with Crippen molar-refractivity contribution >= 4 is 0 Å². The second-order valence-corrected chi connectivity index (χ2v) is 8.07. The summed E-state index contributed by atoms with van der Waals surface area (Å²) in [6, 6.07) is 29.0. The van der Waals surface area contributed by atoms with E-state index in [0.29, 0.717) is 6.61 Å². The van der Waals surface area contributed by atoms with Gasteiger partial charge in [-0.2, -0.15) is 0 Å². The summed E-state index contributed by atoms with van der Waals surface area (Å²) in [4.78, 5) is 2.53. The first kappa shape index (κ1) is 20.5. The number of likely N-dealkylation sites (tertiary alicyclic amines) is 1. The number of piperidine rings is 1. The molecule has 0 amide bonds. The predicted molar refractivity (Wildman–Crippen MR) is 122 cm³/mol. The van der Waals surface area contributed by atoms with Crippen LogP contribution in [0.25, 0.3) is 0 Å². The lowest BCUT2D eigenvalue weighted by Crippen LogP contribution is -2.36. The number of hydrogen-bond acceptors (Lipinski definition) is 3. The third-order valence-electron chi connectivity index (χ3n) is 5.82. The maximum atomic E-state index is 5.95. The fourth-order valence-corrected chi connectivity index (χ4v) is 4.03. The van der Waals surface area contributed by atoms with Crippen molar-refractivity contribution in [1.82, 2.24) is 4.90 Å². The molecule has 0 spiro atoms. The van der Waals surface area contributed by atoms with Gasteiger partial charge in [0.05, 0.1) is 0 Å². The molecule has 4 rings (SSSR count). The summed E-state index contributed by atoms with van der Waals surface area (Å²) in [7, 11) is 0. The molecule has 0 unspecified atom stereocenters. The Hall–Kier alpha value is -2.78. The molecule has 1 saturated heterocycles. The molecule has 0 aliphatic carbocycles. The van der Waals surface area contributed by atoms with Crippen LogP contribution < -0.4 is 9.47 Å². The van der Waals surface area contributed by atoms with E-state index in [9.17, 15) is 0 Å². The Balaban J connectivity index is 1.13. The van der Waals surface area contributed by atoms with E-state index in [-0.39, 0.29) is 0 Å². The first-order chi connectivity index (χ1) is 14.8. The van der Waals surface area contributed by atoms with E-state index in [4.69, 9.17) is 9.47 Å². The van der Waals surface area contributed by atoms with Gasteiger partial charge in [-0.25, -0.2) is 0 Å². The van der Waals surface area contributed by atoms with E-state index >= 15 is 0 Å². The Labute approximate surface area is 180 Å². The summed E-state index contributed by atoms with van der Waals surface area (Å²) < 4.78 is 11.8. The van der Waals surface area contributed by atoms with E-state index in [1.807, 2.05) is 42.5 Å². The van der Waals surface area contributed by atoms with Crippen LogP contribution in [0.15, 0.2) is 84.9 Å². The van der Waals surface area contributed by atoms with Crippen molar-refractivity contribution in [3.8, 4) is 11.5 Å². The molecule has 3 nitrogen and oxygen atoms in total. The molecule has 0 bridgehead atoms. The number of hydrogen-bond donors (Lipinski definition) is 0. The monoisotopic (exact) mass is 401 g/mol. The van der Waals surface area contributed by atoms with Gasteiger partial charge in [-0.15, -0.1) is 0 Å². The van der Waals surface area contributed by atoms with Gasteiger partial charge in [0.15, 0.2) is 0 Å². The average molecular weight is 402 g/mol. The Morgan fingerprint density at radius 1 is 0.667 bits per heavy atom. The van der Waals surface area contributed by atoms with Crippen molar-refractivity contribution in [3.05, 3.63) is 96.1 Å². The first-order valence-corrected chi connectivity index (χ1v) is 11.0. The molecule has 1 aliphatic rings. The number of ether oxygens (including phenoxy) is 2. The molecule has 1 aliphatic heterocycles. The zero-order valence-electron chi connectivity index (χ0n) is 17.6. The highest BCUT2D eigenvalue weighted by atomic mass is 16.5. The molecule has 1 fully saturated rings. The van der Waals surface area contributed by atoms with Gasteiger partial charge >= 0.3 is 0 Å². The molecule has 0 N–H and O–H groups in total. The summed E-state index contributed by atoms with van der Waals surface area (Å²) in [5.74, 6) is 2.58. The Bertz CT molecular complexity index is 856. The van der Waals surface area contributed by atoms with Crippen LogP contribution >= 0.6 is 0 Å². The highest BCUT2D eigenvalue weighted by Gasteiger charge is 2.19. The lowest BCUT2D eigenvalue weighted by Gasteiger charge is -2.31. The summed E-state index contributed by atoms with van der Waals surface area (Å²) >= 11 is 0. The minimum Gasteiger partial charge on any atom is -0.492 e. The number of benzene rings is 3. The second-order valence-electron chi connectivity index (χ2n) is 8.07. The molecule has 3 heteroatoms. The van der Waals surface area contributed by atoms with Crippen molar-refractivity contribution in [1.29, 1.82) is 0 Å². The molecule has 30 heavy (non-hydrogen) atoms. The summed E-state index contributed by atoms with van der Waals surface area (Å²) in [6.45, 7) is 4.65. The summed E-state index contributed by atoms with van der Waals surface area (Å²) in [5, 5.41) is 0. The van der Waals surface area contributed by atoms with Crippen LogP contribution in [-0.4, -0.2) is 31.1 Å². The average Bonchev–Trinajstić information content (AvgIpc) is 2.81.